The lowest BCUT2D eigenvalue weighted by atomic mass is 9.97. The molecule has 0 amide bonds. The lowest BCUT2D eigenvalue weighted by Gasteiger charge is -2.07. The van der Waals surface area contributed by atoms with E-state index in [0.717, 1.165) is 25.4 Å². The molecule has 0 aromatic heterocycles. The molecule has 0 radical (unpaired) electrons. The van der Waals surface area contributed by atoms with Crippen LogP contribution in [0.1, 0.15) is 33.1 Å². The van der Waals surface area contributed by atoms with Crippen molar-refractivity contribution in [2.75, 3.05) is 0 Å². The molecule has 2 nitrogen and oxygen atoms in total. The Balaban J connectivity index is 3.49. The Hall–Kier alpha value is -0.660. The average molecular weight is 156 g/mol. The van der Waals surface area contributed by atoms with E-state index in [0.29, 0.717) is 12.3 Å². The third kappa shape index (κ3) is 4.71. The van der Waals surface area contributed by atoms with Crippen molar-refractivity contribution < 1.29 is 9.59 Å². The van der Waals surface area contributed by atoms with Gasteiger partial charge in [0.15, 0.2) is 0 Å². The summed E-state index contributed by atoms with van der Waals surface area (Å²) in [4.78, 5) is 20.4. The van der Waals surface area contributed by atoms with Crippen LogP contribution in [0.3, 0.4) is 0 Å². The molecule has 0 rings (SSSR count). The Kier molecular flexibility index (Phi) is 5.71. The molecule has 0 aromatic carbocycles. The Morgan fingerprint density at radius 2 is 1.73 bits per heavy atom. The van der Waals surface area contributed by atoms with E-state index in [1.165, 1.54) is 0 Å². The second-order valence-electron chi connectivity index (χ2n) is 3.03. The van der Waals surface area contributed by atoms with Crippen LogP contribution in [0.5, 0.6) is 0 Å². The average Bonchev–Trinajstić information content (AvgIpc) is 2.06. The van der Waals surface area contributed by atoms with Gasteiger partial charge in [-0.1, -0.05) is 20.3 Å². The summed E-state index contributed by atoms with van der Waals surface area (Å²) >= 11 is 0. The maximum atomic E-state index is 10.2. The van der Waals surface area contributed by atoms with E-state index in [-0.39, 0.29) is 5.92 Å². The zero-order valence-electron chi connectivity index (χ0n) is 7.25. The summed E-state index contributed by atoms with van der Waals surface area (Å²) in [7, 11) is 0. The van der Waals surface area contributed by atoms with E-state index in [4.69, 9.17) is 0 Å². The number of hydrogen-bond acceptors (Lipinski definition) is 2. The van der Waals surface area contributed by atoms with Crippen molar-refractivity contribution in [3.05, 3.63) is 0 Å². The number of carbonyl (C=O) groups excluding carboxylic acids is 2. The van der Waals surface area contributed by atoms with Crippen LogP contribution in [0.2, 0.25) is 0 Å². The van der Waals surface area contributed by atoms with Crippen LogP contribution < -0.4 is 0 Å². The van der Waals surface area contributed by atoms with Crippen LogP contribution >= 0.6 is 0 Å². The molecule has 11 heavy (non-hydrogen) atoms. The van der Waals surface area contributed by atoms with Crippen molar-refractivity contribution in [1.82, 2.24) is 0 Å². The maximum Gasteiger partial charge on any atom is 0.130 e. The number of hydrogen-bond donors (Lipinski definition) is 0. The molecule has 0 aliphatic heterocycles. The summed E-state index contributed by atoms with van der Waals surface area (Å²) in [6.07, 6.45) is 4.26. The first-order chi connectivity index (χ1) is 5.24. The minimum Gasteiger partial charge on any atom is -0.303 e. The molecule has 0 heterocycles. The van der Waals surface area contributed by atoms with E-state index in [9.17, 15) is 9.59 Å². The van der Waals surface area contributed by atoms with E-state index >= 15 is 0 Å². The summed E-state index contributed by atoms with van der Waals surface area (Å²) in [6.45, 7) is 4.24. The van der Waals surface area contributed by atoms with Gasteiger partial charge in [-0.2, -0.15) is 0 Å². The van der Waals surface area contributed by atoms with Gasteiger partial charge in [0, 0.05) is 0 Å². The highest BCUT2D eigenvalue weighted by molar-refractivity contribution is 5.77. The molecule has 2 heteroatoms. The van der Waals surface area contributed by atoms with Crippen LogP contribution in [-0.2, 0) is 9.59 Å². The number of aldehydes is 2. The van der Waals surface area contributed by atoms with Gasteiger partial charge in [-0.3, -0.25) is 0 Å². The van der Waals surface area contributed by atoms with E-state index in [1.54, 1.807) is 0 Å². The SMILES string of the molecule is CCC(C)CCC(C=O)C=O. The molecule has 0 aromatic rings. The minimum absolute atomic E-state index is 0.371. The van der Waals surface area contributed by atoms with Gasteiger partial charge in [0.2, 0.25) is 0 Å². The number of rotatable bonds is 6. The van der Waals surface area contributed by atoms with Crippen LogP contribution in [0.15, 0.2) is 0 Å². The van der Waals surface area contributed by atoms with Gasteiger partial charge in [-0.15, -0.1) is 0 Å². The standard InChI is InChI=1S/C9H16O2/c1-3-8(2)4-5-9(6-10)7-11/h6-9H,3-5H2,1-2H3. The summed E-state index contributed by atoms with van der Waals surface area (Å²) in [6, 6.07) is 0. The molecule has 0 bridgehead atoms. The lowest BCUT2D eigenvalue weighted by molar-refractivity contribution is -0.119. The van der Waals surface area contributed by atoms with Gasteiger partial charge in [-0.05, 0) is 18.8 Å². The minimum atomic E-state index is -0.371. The second-order valence-corrected chi connectivity index (χ2v) is 3.03. The van der Waals surface area contributed by atoms with Crippen molar-refractivity contribution in [1.29, 1.82) is 0 Å². The van der Waals surface area contributed by atoms with Gasteiger partial charge in [0.25, 0.3) is 0 Å². The molecule has 0 fully saturated rings. The molecule has 0 aliphatic rings. The van der Waals surface area contributed by atoms with Crippen molar-refractivity contribution in [2.45, 2.75) is 33.1 Å². The van der Waals surface area contributed by atoms with E-state index < -0.39 is 0 Å². The van der Waals surface area contributed by atoms with Gasteiger partial charge >= 0.3 is 0 Å². The zero-order chi connectivity index (χ0) is 8.69. The molecule has 0 aliphatic carbocycles. The highest BCUT2D eigenvalue weighted by atomic mass is 16.1. The van der Waals surface area contributed by atoms with Gasteiger partial charge < -0.3 is 9.59 Å². The molecule has 0 spiro atoms. The molecular formula is C9H16O2. The lowest BCUT2D eigenvalue weighted by Crippen LogP contribution is -2.05. The fourth-order valence-corrected chi connectivity index (χ4v) is 0.849. The predicted octanol–water partition coefficient (Wildman–Crippen LogP) is 1.83. The molecule has 1 atom stereocenters. The first kappa shape index (κ1) is 10.3. The summed E-state index contributed by atoms with van der Waals surface area (Å²) in [5, 5.41) is 0. The van der Waals surface area contributed by atoms with Crippen LogP contribution in [0, 0.1) is 11.8 Å². The fourth-order valence-electron chi connectivity index (χ4n) is 0.849. The third-order valence-corrected chi connectivity index (χ3v) is 2.04. The molecular weight excluding hydrogens is 140 g/mol. The normalized spacial score (nSPS) is 13.0. The zero-order valence-corrected chi connectivity index (χ0v) is 7.25. The smallest absolute Gasteiger partial charge is 0.130 e. The predicted molar refractivity (Wildman–Crippen MR) is 44.3 cm³/mol. The topological polar surface area (TPSA) is 34.1 Å². The summed E-state index contributed by atoms with van der Waals surface area (Å²) < 4.78 is 0. The molecule has 0 saturated carbocycles. The highest BCUT2D eigenvalue weighted by Crippen LogP contribution is 2.12. The Morgan fingerprint density at radius 1 is 1.18 bits per heavy atom. The Morgan fingerprint density at radius 3 is 2.09 bits per heavy atom. The van der Waals surface area contributed by atoms with Gasteiger partial charge in [0.1, 0.15) is 12.6 Å². The molecule has 0 saturated heterocycles. The van der Waals surface area contributed by atoms with Crippen LogP contribution in [0.4, 0.5) is 0 Å². The summed E-state index contributed by atoms with van der Waals surface area (Å²) in [5.74, 6) is 0.251. The molecule has 0 N–H and O–H groups in total. The molecule has 64 valence electrons. The van der Waals surface area contributed by atoms with E-state index in [1.807, 2.05) is 0 Å². The van der Waals surface area contributed by atoms with Crippen LogP contribution in [-0.4, -0.2) is 12.6 Å². The summed E-state index contributed by atoms with van der Waals surface area (Å²) in [5.41, 5.74) is 0. The van der Waals surface area contributed by atoms with Crippen LogP contribution in [0.25, 0.3) is 0 Å². The first-order valence-electron chi connectivity index (χ1n) is 4.15. The molecule has 1 unspecified atom stereocenters. The van der Waals surface area contributed by atoms with Crippen molar-refractivity contribution >= 4 is 12.6 Å². The first-order valence-corrected chi connectivity index (χ1v) is 4.15. The maximum absolute atomic E-state index is 10.2. The van der Waals surface area contributed by atoms with E-state index in [2.05, 4.69) is 13.8 Å². The van der Waals surface area contributed by atoms with Crippen molar-refractivity contribution in [2.24, 2.45) is 11.8 Å². The Labute approximate surface area is 68.0 Å². The van der Waals surface area contributed by atoms with Crippen molar-refractivity contribution in [3.63, 3.8) is 0 Å². The van der Waals surface area contributed by atoms with Gasteiger partial charge in [-0.25, -0.2) is 0 Å². The highest BCUT2D eigenvalue weighted by Gasteiger charge is 2.06. The monoisotopic (exact) mass is 156 g/mol. The third-order valence-electron chi connectivity index (χ3n) is 2.04. The number of carbonyl (C=O) groups is 2. The largest absolute Gasteiger partial charge is 0.303 e. The second kappa shape index (κ2) is 6.08. The van der Waals surface area contributed by atoms with Crippen molar-refractivity contribution in [3.8, 4) is 0 Å². The fraction of sp³-hybridized carbons (Fsp3) is 0.778. The Bertz CT molecular complexity index is 113. The quantitative estimate of drug-likeness (QED) is 0.434. The van der Waals surface area contributed by atoms with Gasteiger partial charge in [0.05, 0.1) is 5.92 Å².